The minimum absolute atomic E-state index is 0.347. The predicted octanol–water partition coefficient (Wildman–Crippen LogP) is 3.95. The largest absolute Gasteiger partial charge is 0.479 e. The van der Waals surface area contributed by atoms with Crippen molar-refractivity contribution < 1.29 is 14.6 Å². The Balaban J connectivity index is 2.12. The van der Waals surface area contributed by atoms with Gasteiger partial charge in [-0.25, -0.2) is 4.79 Å². The van der Waals surface area contributed by atoms with Gasteiger partial charge in [-0.3, -0.25) is 0 Å². The number of unbranched alkanes of at least 4 members (excludes halogenated alkanes) is 1. The Hall–Kier alpha value is -2.38. The van der Waals surface area contributed by atoms with E-state index in [0.29, 0.717) is 12.8 Å². The third-order valence-corrected chi connectivity index (χ3v) is 3.90. The maximum atomic E-state index is 11.3. The molecule has 2 atom stereocenters. The van der Waals surface area contributed by atoms with Crippen molar-refractivity contribution in [2.45, 2.75) is 44.3 Å². The Kier molecular flexibility index (Phi) is 5.72. The molecule has 120 valence electrons. The summed E-state index contributed by atoms with van der Waals surface area (Å²) in [4.78, 5) is 11.3. The lowest BCUT2D eigenvalue weighted by Crippen LogP contribution is -2.38. The first-order valence-electron chi connectivity index (χ1n) is 7.87. The molecule has 1 aliphatic rings. The van der Waals surface area contributed by atoms with Crippen LogP contribution in [0.15, 0.2) is 48.6 Å². The van der Waals surface area contributed by atoms with Gasteiger partial charge in [0.25, 0.3) is 0 Å². The van der Waals surface area contributed by atoms with E-state index in [2.05, 4.69) is 6.07 Å². The molecule has 1 N–H and O–H groups in total. The number of rotatable bonds is 7. The molecule has 2 unspecified atom stereocenters. The highest BCUT2D eigenvalue weighted by molar-refractivity contribution is 5.76. The Morgan fingerprint density at radius 3 is 2.70 bits per heavy atom. The van der Waals surface area contributed by atoms with E-state index < -0.39 is 17.7 Å². The second kappa shape index (κ2) is 7.75. The van der Waals surface area contributed by atoms with E-state index in [1.165, 1.54) is 0 Å². The van der Waals surface area contributed by atoms with Gasteiger partial charge in [0.2, 0.25) is 0 Å². The quantitative estimate of drug-likeness (QED) is 0.827. The van der Waals surface area contributed by atoms with E-state index in [9.17, 15) is 15.2 Å². The van der Waals surface area contributed by atoms with E-state index in [0.717, 1.165) is 24.0 Å². The topological polar surface area (TPSA) is 70.3 Å². The third kappa shape index (κ3) is 4.30. The summed E-state index contributed by atoms with van der Waals surface area (Å²) in [5.41, 5.74) is 0.881. The Bertz CT molecular complexity index is 642. The Labute approximate surface area is 136 Å². The SMILES string of the molecule is CCCCC(OC1(C#N)C=CC(c2ccccc2)=CC1)C(=O)O. The molecule has 0 radical (unpaired) electrons. The van der Waals surface area contributed by atoms with Gasteiger partial charge < -0.3 is 9.84 Å². The summed E-state index contributed by atoms with van der Waals surface area (Å²) in [5.74, 6) is -1.01. The predicted molar refractivity (Wildman–Crippen MR) is 88.6 cm³/mol. The minimum atomic E-state index is -1.20. The van der Waals surface area contributed by atoms with Crippen molar-refractivity contribution in [3.8, 4) is 6.07 Å². The number of allylic oxidation sites excluding steroid dienone is 2. The van der Waals surface area contributed by atoms with Gasteiger partial charge in [-0.05, 0) is 23.6 Å². The molecule has 0 heterocycles. The lowest BCUT2D eigenvalue weighted by atomic mass is 9.90. The third-order valence-electron chi connectivity index (χ3n) is 3.90. The molecule has 0 saturated heterocycles. The number of aliphatic carboxylic acids is 1. The van der Waals surface area contributed by atoms with Gasteiger partial charge in [0.15, 0.2) is 11.7 Å². The molecule has 0 aromatic heterocycles. The molecule has 0 fully saturated rings. The van der Waals surface area contributed by atoms with E-state index in [4.69, 9.17) is 4.74 Å². The molecule has 1 aliphatic carbocycles. The zero-order valence-electron chi connectivity index (χ0n) is 13.2. The van der Waals surface area contributed by atoms with Gasteiger partial charge in [0, 0.05) is 6.42 Å². The highest BCUT2D eigenvalue weighted by atomic mass is 16.5. The number of carbonyl (C=O) groups is 1. The number of ether oxygens (including phenoxy) is 1. The molecule has 0 aliphatic heterocycles. The first kappa shape index (κ1) is 17.0. The van der Waals surface area contributed by atoms with Gasteiger partial charge >= 0.3 is 5.97 Å². The van der Waals surface area contributed by atoms with Gasteiger partial charge in [-0.15, -0.1) is 0 Å². The van der Waals surface area contributed by atoms with Crippen LogP contribution in [-0.2, 0) is 9.53 Å². The van der Waals surface area contributed by atoms with E-state index in [-0.39, 0.29) is 0 Å². The fourth-order valence-electron chi connectivity index (χ4n) is 2.54. The average Bonchev–Trinajstić information content (AvgIpc) is 2.59. The summed E-state index contributed by atoms with van der Waals surface area (Å²) in [5, 5.41) is 18.8. The van der Waals surface area contributed by atoms with Gasteiger partial charge in [0.1, 0.15) is 6.07 Å². The fraction of sp³-hybridized carbons (Fsp3) is 0.368. The maximum absolute atomic E-state index is 11.3. The standard InChI is InChI=1S/C19H21NO3/c1-2-3-9-17(18(21)22)23-19(14-20)12-10-16(11-13-19)15-7-5-4-6-8-15/h4-8,10-12,17H,2-3,9,13H2,1H3,(H,21,22). The number of benzene rings is 1. The molecule has 4 heteroatoms. The summed E-state index contributed by atoms with van der Waals surface area (Å²) in [6, 6.07) is 12.0. The molecule has 1 aromatic carbocycles. The number of hydrogen-bond acceptors (Lipinski definition) is 3. The van der Waals surface area contributed by atoms with Crippen molar-refractivity contribution in [2.75, 3.05) is 0 Å². The molecule has 1 aromatic rings. The van der Waals surface area contributed by atoms with Crippen LogP contribution in [0.25, 0.3) is 5.57 Å². The number of carboxylic acid groups (broad SMARTS) is 1. The van der Waals surface area contributed by atoms with Crippen molar-refractivity contribution in [2.24, 2.45) is 0 Å². The second-order valence-electron chi connectivity index (χ2n) is 5.65. The van der Waals surface area contributed by atoms with Gasteiger partial charge in [-0.2, -0.15) is 5.26 Å². The first-order chi connectivity index (χ1) is 11.1. The van der Waals surface area contributed by atoms with Crippen molar-refractivity contribution in [1.29, 1.82) is 5.26 Å². The van der Waals surface area contributed by atoms with Crippen LogP contribution in [-0.4, -0.2) is 22.8 Å². The van der Waals surface area contributed by atoms with Crippen molar-refractivity contribution in [1.82, 2.24) is 0 Å². The smallest absolute Gasteiger partial charge is 0.332 e. The normalized spacial score (nSPS) is 21.3. The summed E-state index contributed by atoms with van der Waals surface area (Å²) < 4.78 is 5.68. The molecule has 4 nitrogen and oxygen atoms in total. The maximum Gasteiger partial charge on any atom is 0.332 e. The molecule has 0 bridgehead atoms. The van der Waals surface area contributed by atoms with Crippen LogP contribution < -0.4 is 0 Å². The Morgan fingerprint density at radius 1 is 1.43 bits per heavy atom. The first-order valence-corrected chi connectivity index (χ1v) is 7.87. The van der Waals surface area contributed by atoms with Crippen molar-refractivity contribution in [3.05, 3.63) is 54.1 Å². The molecule has 0 spiro atoms. The summed E-state index contributed by atoms with van der Waals surface area (Å²) in [6.45, 7) is 1.99. The highest BCUT2D eigenvalue weighted by Crippen LogP contribution is 2.30. The minimum Gasteiger partial charge on any atom is -0.479 e. The van der Waals surface area contributed by atoms with E-state index in [1.54, 1.807) is 6.08 Å². The van der Waals surface area contributed by atoms with Crippen LogP contribution in [0.5, 0.6) is 0 Å². The van der Waals surface area contributed by atoms with Crippen LogP contribution in [0, 0.1) is 11.3 Å². The number of nitrogens with zero attached hydrogens (tertiary/aromatic N) is 1. The van der Waals surface area contributed by atoms with Gasteiger partial charge in [0.05, 0.1) is 0 Å². The second-order valence-corrected chi connectivity index (χ2v) is 5.65. The van der Waals surface area contributed by atoms with Crippen LogP contribution in [0.4, 0.5) is 0 Å². The number of hydrogen-bond donors (Lipinski definition) is 1. The molecular weight excluding hydrogens is 290 g/mol. The molecule has 0 saturated carbocycles. The summed E-state index contributed by atoms with van der Waals surface area (Å²) in [7, 11) is 0. The van der Waals surface area contributed by atoms with Crippen molar-refractivity contribution in [3.63, 3.8) is 0 Å². The molecule has 23 heavy (non-hydrogen) atoms. The van der Waals surface area contributed by atoms with Crippen LogP contribution in [0.1, 0.15) is 38.2 Å². The van der Waals surface area contributed by atoms with Gasteiger partial charge in [-0.1, -0.05) is 62.2 Å². The lowest BCUT2D eigenvalue weighted by Gasteiger charge is -2.29. The van der Waals surface area contributed by atoms with E-state index in [1.807, 2.05) is 49.4 Å². The highest BCUT2D eigenvalue weighted by Gasteiger charge is 2.35. The van der Waals surface area contributed by atoms with Crippen molar-refractivity contribution >= 4 is 11.5 Å². The molecule has 2 rings (SSSR count). The average molecular weight is 311 g/mol. The zero-order chi connectivity index (χ0) is 16.7. The van der Waals surface area contributed by atoms with Crippen LogP contribution >= 0.6 is 0 Å². The zero-order valence-corrected chi connectivity index (χ0v) is 13.2. The summed E-state index contributed by atoms with van der Waals surface area (Å²) >= 11 is 0. The number of carboxylic acids is 1. The molecule has 0 amide bonds. The summed E-state index contributed by atoms with van der Waals surface area (Å²) in [6.07, 6.45) is 6.90. The monoisotopic (exact) mass is 311 g/mol. The lowest BCUT2D eigenvalue weighted by molar-refractivity contribution is -0.156. The van der Waals surface area contributed by atoms with Crippen LogP contribution in [0.2, 0.25) is 0 Å². The fourth-order valence-corrected chi connectivity index (χ4v) is 2.54. The Morgan fingerprint density at radius 2 is 2.17 bits per heavy atom. The van der Waals surface area contributed by atoms with Crippen LogP contribution in [0.3, 0.4) is 0 Å². The molecular formula is C19H21NO3. The van der Waals surface area contributed by atoms with E-state index >= 15 is 0 Å². The number of nitriles is 1.